The van der Waals surface area contributed by atoms with Crippen LogP contribution in [0.25, 0.3) is 22.8 Å². The number of ether oxygens (including phenoxy) is 1. The van der Waals surface area contributed by atoms with Crippen LogP contribution in [-0.2, 0) is 6.42 Å². The van der Waals surface area contributed by atoms with E-state index in [2.05, 4.69) is 42.0 Å². The van der Waals surface area contributed by atoms with Crippen molar-refractivity contribution in [2.24, 2.45) is 0 Å². The monoisotopic (exact) mass is 421 g/mol. The van der Waals surface area contributed by atoms with Gasteiger partial charge < -0.3 is 14.1 Å². The van der Waals surface area contributed by atoms with E-state index in [1.807, 2.05) is 31.2 Å². The number of oxazole rings is 1. The van der Waals surface area contributed by atoms with E-state index in [9.17, 15) is 0 Å². The maximum absolute atomic E-state index is 6.12. The molecule has 0 amide bonds. The first-order chi connectivity index (χ1) is 14.5. The molecule has 30 heavy (non-hydrogen) atoms. The fourth-order valence-corrected chi connectivity index (χ4v) is 3.56. The molecule has 4 aromatic rings. The summed E-state index contributed by atoms with van der Waals surface area (Å²) in [6.45, 7) is 6.65. The smallest absolute Gasteiger partial charge is 0.245 e. The molecule has 0 atom stereocenters. The highest BCUT2D eigenvalue weighted by atomic mass is 35.5. The summed E-state index contributed by atoms with van der Waals surface area (Å²) in [7, 11) is 0. The van der Waals surface area contributed by atoms with Gasteiger partial charge in [-0.05, 0) is 62.6 Å². The molecule has 0 aliphatic carbocycles. The predicted molar refractivity (Wildman–Crippen MR) is 119 cm³/mol. The first-order valence-electron chi connectivity index (χ1n) is 9.96. The van der Waals surface area contributed by atoms with Crippen molar-refractivity contribution in [3.63, 3.8) is 0 Å². The summed E-state index contributed by atoms with van der Waals surface area (Å²) in [6.07, 6.45) is 3.26. The van der Waals surface area contributed by atoms with Gasteiger partial charge in [-0.1, -0.05) is 29.8 Å². The third-order valence-corrected chi connectivity index (χ3v) is 5.01. The van der Waals surface area contributed by atoms with E-state index in [0.717, 1.165) is 40.7 Å². The first kappa shape index (κ1) is 20.2. The number of aromatic nitrogens is 3. The second-order valence-electron chi connectivity index (χ2n) is 7.46. The average molecular weight is 422 g/mol. The van der Waals surface area contributed by atoms with Gasteiger partial charge in [-0.3, -0.25) is 0 Å². The van der Waals surface area contributed by atoms with Crippen LogP contribution in [0.15, 0.2) is 53.1 Å². The van der Waals surface area contributed by atoms with Gasteiger partial charge in [0.05, 0.1) is 12.8 Å². The van der Waals surface area contributed by atoms with Gasteiger partial charge in [-0.2, -0.15) is 0 Å². The number of nitrogens with zero attached hydrogens (tertiary/aromatic N) is 2. The lowest BCUT2D eigenvalue weighted by Crippen LogP contribution is -2.00. The van der Waals surface area contributed by atoms with Crippen molar-refractivity contribution in [1.82, 2.24) is 15.0 Å². The van der Waals surface area contributed by atoms with Crippen LogP contribution in [0.4, 0.5) is 0 Å². The van der Waals surface area contributed by atoms with Crippen molar-refractivity contribution in [3.05, 3.63) is 76.4 Å². The van der Waals surface area contributed by atoms with E-state index in [4.69, 9.17) is 25.7 Å². The molecule has 0 fully saturated rings. The van der Waals surface area contributed by atoms with Gasteiger partial charge in [0.2, 0.25) is 5.89 Å². The highest BCUT2D eigenvalue weighted by Crippen LogP contribution is 2.30. The molecule has 0 saturated heterocycles. The molecular formula is C24H24ClN3O2. The number of hydrogen-bond acceptors (Lipinski definition) is 4. The normalized spacial score (nSPS) is 11.1. The summed E-state index contributed by atoms with van der Waals surface area (Å²) in [5, 5.41) is 0.690. The molecule has 2 heterocycles. The number of rotatable bonds is 7. The van der Waals surface area contributed by atoms with Gasteiger partial charge >= 0.3 is 0 Å². The van der Waals surface area contributed by atoms with E-state index in [1.54, 1.807) is 6.20 Å². The largest absolute Gasteiger partial charge is 0.494 e. The molecule has 0 radical (unpaired) electrons. The molecule has 1 N–H and O–H groups in total. The minimum absolute atomic E-state index is 0.533. The number of benzene rings is 2. The lowest BCUT2D eigenvalue weighted by molar-refractivity contribution is 0.306. The molecule has 5 nitrogen and oxygen atoms in total. The summed E-state index contributed by atoms with van der Waals surface area (Å²) in [5.41, 5.74) is 4.95. The van der Waals surface area contributed by atoms with Crippen molar-refractivity contribution in [3.8, 4) is 28.6 Å². The lowest BCUT2D eigenvalue weighted by Gasteiger charge is -2.08. The van der Waals surface area contributed by atoms with Crippen molar-refractivity contribution in [1.29, 1.82) is 0 Å². The van der Waals surface area contributed by atoms with Crippen molar-refractivity contribution >= 4 is 11.6 Å². The Morgan fingerprint density at radius 2 is 1.77 bits per heavy atom. The molecule has 0 bridgehead atoms. The highest BCUT2D eigenvalue weighted by Gasteiger charge is 2.17. The molecule has 6 heteroatoms. The minimum Gasteiger partial charge on any atom is -0.494 e. The zero-order valence-electron chi connectivity index (χ0n) is 17.3. The van der Waals surface area contributed by atoms with Gasteiger partial charge in [0.25, 0.3) is 0 Å². The molecular weight excluding hydrogens is 398 g/mol. The highest BCUT2D eigenvalue weighted by molar-refractivity contribution is 6.30. The number of aryl methyl sites for hydroxylation is 4. The number of imidazole rings is 1. The Labute approximate surface area is 181 Å². The molecule has 0 aliphatic heterocycles. The van der Waals surface area contributed by atoms with Crippen LogP contribution >= 0.6 is 11.6 Å². The number of H-pyrrole nitrogens is 1. The van der Waals surface area contributed by atoms with Crippen molar-refractivity contribution in [2.75, 3.05) is 6.61 Å². The maximum Gasteiger partial charge on any atom is 0.245 e. The molecule has 0 saturated carbocycles. The molecule has 2 aromatic heterocycles. The Morgan fingerprint density at radius 1 is 1.03 bits per heavy atom. The standard InChI is InChI=1S/C24H24ClN3O2/c1-15-11-16(2)13-20(12-15)29-10-4-5-22-23(18-6-8-19(25)9-7-18)28-24(30-22)21-14-26-17(3)27-21/h6-9,11-14H,4-5,10H2,1-3H3,(H,26,27). The minimum atomic E-state index is 0.533. The van der Waals surface area contributed by atoms with Gasteiger partial charge in [0.1, 0.15) is 28.7 Å². The van der Waals surface area contributed by atoms with Crippen LogP contribution in [0, 0.1) is 20.8 Å². The Balaban J connectivity index is 1.51. The topological polar surface area (TPSA) is 63.9 Å². The van der Waals surface area contributed by atoms with Crippen molar-refractivity contribution < 1.29 is 9.15 Å². The Morgan fingerprint density at radius 3 is 2.43 bits per heavy atom. The van der Waals surface area contributed by atoms with E-state index in [1.165, 1.54) is 11.1 Å². The van der Waals surface area contributed by atoms with Gasteiger partial charge in [-0.15, -0.1) is 0 Å². The molecule has 0 aliphatic rings. The van der Waals surface area contributed by atoms with Crippen LogP contribution in [0.1, 0.15) is 29.1 Å². The number of halogens is 1. The summed E-state index contributed by atoms with van der Waals surface area (Å²) < 4.78 is 12.1. The Bertz CT molecular complexity index is 1130. The van der Waals surface area contributed by atoms with Crippen LogP contribution in [-0.4, -0.2) is 21.6 Å². The summed E-state index contributed by atoms with van der Waals surface area (Å²) in [6, 6.07) is 13.9. The van der Waals surface area contributed by atoms with E-state index in [0.29, 0.717) is 23.9 Å². The average Bonchev–Trinajstić information content (AvgIpc) is 3.31. The maximum atomic E-state index is 6.12. The molecule has 0 unspecified atom stereocenters. The summed E-state index contributed by atoms with van der Waals surface area (Å²) in [5.74, 6) is 3.07. The zero-order valence-corrected chi connectivity index (χ0v) is 18.1. The quantitative estimate of drug-likeness (QED) is 0.354. The molecule has 0 spiro atoms. The van der Waals surface area contributed by atoms with Crippen molar-refractivity contribution in [2.45, 2.75) is 33.6 Å². The fourth-order valence-electron chi connectivity index (χ4n) is 3.44. The molecule has 154 valence electrons. The van der Waals surface area contributed by atoms with Gasteiger partial charge in [0.15, 0.2) is 0 Å². The van der Waals surface area contributed by atoms with Crippen LogP contribution in [0.5, 0.6) is 5.75 Å². The third-order valence-electron chi connectivity index (χ3n) is 4.76. The third kappa shape index (κ3) is 4.74. The van der Waals surface area contributed by atoms with E-state index in [-0.39, 0.29) is 0 Å². The molecule has 2 aromatic carbocycles. The second kappa shape index (κ2) is 8.76. The van der Waals surface area contributed by atoms with Crippen LogP contribution in [0.2, 0.25) is 5.02 Å². The SMILES string of the molecule is Cc1cc(C)cc(OCCCc2oc(-c3cnc(C)[nH]3)nc2-c2ccc(Cl)cc2)c1. The Kier molecular flexibility index (Phi) is 5.91. The summed E-state index contributed by atoms with van der Waals surface area (Å²) >= 11 is 6.05. The van der Waals surface area contributed by atoms with Gasteiger partial charge in [0, 0.05) is 17.0 Å². The van der Waals surface area contributed by atoms with Crippen LogP contribution in [0.3, 0.4) is 0 Å². The number of aromatic amines is 1. The first-order valence-corrected chi connectivity index (χ1v) is 10.3. The van der Waals surface area contributed by atoms with Gasteiger partial charge in [-0.25, -0.2) is 9.97 Å². The van der Waals surface area contributed by atoms with E-state index < -0.39 is 0 Å². The second-order valence-corrected chi connectivity index (χ2v) is 7.89. The number of nitrogens with one attached hydrogen (secondary N) is 1. The van der Waals surface area contributed by atoms with Crippen LogP contribution < -0.4 is 4.74 Å². The summed E-state index contributed by atoms with van der Waals surface area (Å²) in [4.78, 5) is 12.2. The predicted octanol–water partition coefficient (Wildman–Crippen LogP) is 6.32. The number of hydrogen-bond donors (Lipinski definition) is 1. The Hall–Kier alpha value is -3.05. The zero-order chi connectivity index (χ0) is 21.1. The fraction of sp³-hybridized carbons (Fsp3) is 0.250. The lowest BCUT2D eigenvalue weighted by atomic mass is 10.1. The van der Waals surface area contributed by atoms with E-state index >= 15 is 0 Å². The molecule has 4 rings (SSSR count).